The minimum atomic E-state index is -0.753. The number of aromatic nitrogens is 2. The molecule has 28 heavy (non-hydrogen) atoms. The molecule has 1 aliphatic rings. The summed E-state index contributed by atoms with van der Waals surface area (Å²) >= 11 is 0. The van der Waals surface area contributed by atoms with Crippen molar-refractivity contribution in [1.29, 1.82) is 0 Å². The lowest BCUT2D eigenvalue weighted by Crippen LogP contribution is -2.45. The van der Waals surface area contributed by atoms with Crippen molar-refractivity contribution in [3.05, 3.63) is 46.8 Å². The van der Waals surface area contributed by atoms with Crippen molar-refractivity contribution < 1.29 is 14.0 Å². The minimum Gasteiger partial charge on any atom is -0.384 e. The molecule has 1 saturated carbocycles. The number of carbonyl (C=O) groups is 2. The standard InChI is InChI=1S/C21H27N3O4/c1-14(2)13-17(22-19(26)15-9-5-3-6-10-15)18(25)20-23-24(21(27)28-20)16-11-7-4-8-12-16/h4,7-8,11-12,14-15,17H,3,5-6,9-10,13H2,1-2H3,(H,22,26)/t17-/m0/s1. The van der Waals surface area contributed by atoms with E-state index in [1.54, 1.807) is 24.3 Å². The van der Waals surface area contributed by atoms with E-state index in [9.17, 15) is 14.4 Å². The third-order valence-electron chi connectivity index (χ3n) is 5.08. The highest BCUT2D eigenvalue weighted by molar-refractivity contribution is 5.98. The fourth-order valence-corrected chi connectivity index (χ4v) is 3.62. The smallest absolute Gasteiger partial charge is 0.384 e. The molecule has 7 heteroatoms. The molecule has 0 bridgehead atoms. The Hall–Kier alpha value is -2.70. The van der Waals surface area contributed by atoms with Crippen LogP contribution in [0, 0.1) is 11.8 Å². The van der Waals surface area contributed by atoms with E-state index in [1.165, 1.54) is 0 Å². The van der Waals surface area contributed by atoms with Gasteiger partial charge in [-0.15, -0.1) is 5.10 Å². The molecule has 0 saturated heterocycles. The predicted molar refractivity (Wildman–Crippen MR) is 104 cm³/mol. The molecule has 1 heterocycles. The Morgan fingerprint density at radius 3 is 2.50 bits per heavy atom. The van der Waals surface area contributed by atoms with Crippen LogP contribution >= 0.6 is 0 Å². The zero-order valence-electron chi connectivity index (χ0n) is 16.4. The number of hydrogen-bond donors (Lipinski definition) is 1. The van der Waals surface area contributed by atoms with Crippen LogP contribution in [0.5, 0.6) is 0 Å². The first-order chi connectivity index (χ1) is 13.5. The third kappa shape index (κ3) is 4.77. The predicted octanol–water partition coefficient (Wildman–Crippen LogP) is 3.12. The maximum Gasteiger partial charge on any atom is 0.442 e. The van der Waals surface area contributed by atoms with Crippen molar-refractivity contribution in [3.63, 3.8) is 0 Å². The monoisotopic (exact) mass is 385 g/mol. The maximum atomic E-state index is 13.0. The number of hydrogen-bond acceptors (Lipinski definition) is 5. The van der Waals surface area contributed by atoms with Crippen molar-refractivity contribution in [1.82, 2.24) is 15.1 Å². The van der Waals surface area contributed by atoms with Gasteiger partial charge in [0.2, 0.25) is 11.7 Å². The summed E-state index contributed by atoms with van der Waals surface area (Å²) in [7, 11) is 0. The van der Waals surface area contributed by atoms with Gasteiger partial charge in [0.15, 0.2) is 0 Å². The molecule has 1 aromatic carbocycles. The van der Waals surface area contributed by atoms with Gasteiger partial charge < -0.3 is 9.73 Å². The van der Waals surface area contributed by atoms with Crippen molar-refractivity contribution in [3.8, 4) is 5.69 Å². The van der Waals surface area contributed by atoms with Crippen molar-refractivity contribution in [2.45, 2.75) is 58.4 Å². The third-order valence-corrected chi connectivity index (χ3v) is 5.08. The number of amides is 1. The van der Waals surface area contributed by atoms with Crippen LogP contribution in [-0.4, -0.2) is 27.5 Å². The van der Waals surface area contributed by atoms with Crippen LogP contribution in [0.4, 0.5) is 0 Å². The van der Waals surface area contributed by atoms with Gasteiger partial charge in [0.1, 0.15) is 0 Å². The van der Waals surface area contributed by atoms with E-state index in [0.29, 0.717) is 12.1 Å². The van der Waals surface area contributed by atoms with Gasteiger partial charge in [0.05, 0.1) is 11.7 Å². The Bertz CT molecular complexity index is 863. The average molecular weight is 385 g/mol. The molecule has 0 unspecified atom stereocenters. The fraction of sp³-hybridized carbons (Fsp3) is 0.524. The number of ketones is 1. The number of Topliss-reactive ketones (excluding diaryl/α,β-unsaturated/α-hetero) is 1. The summed E-state index contributed by atoms with van der Waals surface area (Å²) in [6.07, 6.45) is 5.40. The number of rotatable bonds is 7. The van der Waals surface area contributed by atoms with Crippen LogP contribution in [0.2, 0.25) is 0 Å². The summed E-state index contributed by atoms with van der Waals surface area (Å²) in [5.41, 5.74) is 0.516. The van der Waals surface area contributed by atoms with E-state index in [0.717, 1.165) is 36.8 Å². The molecule has 1 amide bonds. The van der Waals surface area contributed by atoms with Crippen molar-refractivity contribution in [2.24, 2.45) is 11.8 Å². The average Bonchev–Trinajstić information content (AvgIpc) is 3.09. The first kappa shape index (κ1) is 20.0. The second-order valence-electron chi connectivity index (χ2n) is 7.81. The summed E-state index contributed by atoms with van der Waals surface area (Å²) in [6.45, 7) is 3.96. The van der Waals surface area contributed by atoms with Crippen LogP contribution in [0.15, 0.2) is 39.5 Å². The summed E-state index contributed by atoms with van der Waals surface area (Å²) < 4.78 is 6.17. The molecule has 3 rings (SSSR count). The second-order valence-corrected chi connectivity index (χ2v) is 7.81. The highest BCUT2D eigenvalue weighted by atomic mass is 16.4. The van der Waals surface area contributed by atoms with Crippen LogP contribution < -0.4 is 11.1 Å². The first-order valence-corrected chi connectivity index (χ1v) is 9.96. The Kier molecular flexibility index (Phi) is 6.44. The summed E-state index contributed by atoms with van der Waals surface area (Å²) in [6, 6.07) is 8.01. The second kappa shape index (κ2) is 8.99. The lowest BCUT2D eigenvalue weighted by molar-refractivity contribution is -0.126. The molecule has 7 nitrogen and oxygen atoms in total. The van der Waals surface area contributed by atoms with Gasteiger partial charge >= 0.3 is 5.76 Å². The lowest BCUT2D eigenvalue weighted by Gasteiger charge is -2.24. The summed E-state index contributed by atoms with van der Waals surface area (Å²) in [5, 5.41) is 6.95. The number of para-hydroxylation sites is 1. The Balaban J connectivity index is 1.79. The van der Waals surface area contributed by atoms with Gasteiger partial charge in [-0.2, -0.15) is 4.68 Å². The topological polar surface area (TPSA) is 94.2 Å². The van der Waals surface area contributed by atoms with Gasteiger partial charge in [-0.1, -0.05) is 51.3 Å². The van der Waals surface area contributed by atoms with Gasteiger partial charge in [-0.25, -0.2) is 4.79 Å². The Morgan fingerprint density at radius 2 is 1.86 bits per heavy atom. The Morgan fingerprint density at radius 1 is 1.18 bits per heavy atom. The number of carbonyl (C=O) groups excluding carboxylic acids is 2. The highest BCUT2D eigenvalue weighted by Gasteiger charge is 2.31. The fourth-order valence-electron chi connectivity index (χ4n) is 3.62. The molecular formula is C21H27N3O4. The number of benzene rings is 1. The molecule has 1 fully saturated rings. The van der Waals surface area contributed by atoms with E-state index in [4.69, 9.17) is 4.42 Å². The molecule has 2 aromatic rings. The normalized spacial score (nSPS) is 16.1. The first-order valence-electron chi connectivity index (χ1n) is 9.96. The van der Waals surface area contributed by atoms with Crippen molar-refractivity contribution >= 4 is 11.7 Å². The molecule has 0 aliphatic heterocycles. The van der Waals surface area contributed by atoms with E-state index < -0.39 is 17.6 Å². The quantitative estimate of drug-likeness (QED) is 0.739. The Labute approximate surface area is 164 Å². The van der Waals surface area contributed by atoms with Gasteiger partial charge in [0, 0.05) is 5.92 Å². The SMILES string of the molecule is CC(C)C[C@H](NC(=O)C1CCCCC1)C(=O)c1nn(-c2ccccc2)c(=O)o1. The molecule has 1 aliphatic carbocycles. The molecule has 1 N–H and O–H groups in total. The van der Waals surface area contributed by atoms with Crippen LogP contribution in [0.1, 0.15) is 63.1 Å². The van der Waals surface area contributed by atoms with Gasteiger partial charge in [-0.3, -0.25) is 9.59 Å². The van der Waals surface area contributed by atoms with Crippen LogP contribution in [-0.2, 0) is 4.79 Å². The van der Waals surface area contributed by atoms with E-state index in [2.05, 4.69) is 10.4 Å². The van der Waals surface area contributed by atoms with Crippen LogP contribution in [0.25, 0.3) is 5.69 Å². The number of nitrogens with one attached hydrogen (secondary N) is 1. The summed E-state index contributed by atoms with van der Waals surface area (Å²) in [4.78, 5) is 37.8. The highest BCUT2D eigenvalue weighted by Crippen LogP contribution is 2.24. The van der Waals surface area contributed by atoms with Gasteiger partial charge in [0.25, 0.3) is 5.89 Å². The minimum absolute atomic E-state index is 0.0508. The van der Waals surface area contributed by atoms with Gasteiger partial charge in [-0.05, 0) is 37.3 Å². The maximum absolute atomic E-state index is 13.0. The molecule has 1 atom stereocenters. The molecular weight excluding hydrogens is 358 g/mol. The zero-order valence-corrected chi connectivity index (χ0v) is 16.4. The lowest BCUT2D eigenvalue weighted by atomic mass is 9.88. The molecule has 150 valence electrons. The number of nitrogens with zero attached hydrogens (tertiary/aromatic N) is 2. The van der Waals surface area contributed by atoms with E-state index in [1.807, 2.05) is 19.9 Å². The molecule has 0 radical (unpaired) electrons. The van der Waals surface area contributed by atoms with Crippen LogP contribution in [0.3, 0.4) is 0 Å². The van der Waals surface area contributed by atoms with E-state index in [-0.39, 0.29) is 23.6 Å². The largest absolute Gasteiger partial charge is 0.442 e. The zero-order chi connectivity index (χ0) is 20.1. The summed E-state index contributed by atoms with van der Waals surface area (Å²) in [5.74, 6) is -1.43. The molecule has 0 spiro atoms. The molecule has 1 aromatic heterocycles. The van der Waals surface area contributed by atoms with E-state index >= 15 is 0 Å². The van der Waals surface area contributed by atoms with Crippen molar-refractivity contribution in [2.75, 3.05) is 0 Å².